The van der Waals surface area contributed by atoms with E-state index in [9.17, 15) is 8.42 Å². The molecule has 0 bridgehead atoms. The number of benzene rings is 1. The minimum atomic E-state index is -3.37. The standard InChI is InChI=1S/C15H20N2O2S2/c1-12(15-8-5-9-20-15)16-11-13-6-4-7-14(10-13)21(18,19)17(2)3/h4-10,12,16H,11H2,1-3H3/t12-/m1/s1. The molecule has 0 unspecified atom stereocenters. The summed E-state index contributed by atoms with van der Waals surface area (Å²) < 4.78 is 25.5. The number of nitrogens with zero attached hydrogens (tertiary/aromatic N) is 1. The average molecular weight is 324 g/mol. The maximum atomic E-state index is 12.1. The van der Waals surface area contributed by atoms with Crippen molar-refractivity contribution in [3.05, 3.63) is 52.2 Å². The van der Waals surface area contributed by atoms with Crippen LogP contribution in [0.5, 0.6) is 0 Å². The van der Waals surface area contributed by atoms with Gasteiger partial charge in [-0.3, -0.25) is 0 Å². The molecule has 0 spiro atoms. The Kier molecular flexibility index (Phi) is 5.16. The van der Waals surface area contributed by atoms with Gasteiger partial charge in [-0.15, -0.1) is 11.3 Å². The predicted octanol–water partition coefficient (Wildman–Crippen LogP) is 2.85. The summed E-state index contributed by atoms with van der Waals surface area (Å²) in [6.07, 6.45) is 0. The molecule has 1 aromatic heterocycles. The quantitative estimate of drug-likeness (QED) is 0.889. The van der Waals surface area contributed by atoms with Crippen molar-refractivity contribution >= 4 is 21.4 Å². The number of hydrogen-bond donors (Lipinski definition) is 1. The van der Waals surface area contributed by atoms with Crippen LogP contribution in [0, 0.1) is 0 Å². The Hall–Kier alpha value is -1.21. The van der Waals surface area contributed by atoms with Crippen molar-refractivity contribution in [1.29, 1.82) is 0 Å². The highest BCUT2D eigenvalue weighted by Crippen LogP contribution is 2.19. The molecule has 0 saturated heterocycles. The van der Waals surface area contributed by atoms with Crippen molar-refractivity contribution in [3.63, 3.8) is 0 Å². The lowest BCUT2D eigenvalue weighted by molar-refractivity contribution is 0.520. The second-order valence-electron chi connectivity index (χ2n) is 5.05. The molecule has 1 heterocycles. The smallest absolute Gasteiger partial charge is 0.242 e. The zero-order valence-electron chi connectivity index (χ0n) is 12.4. The Morgan fingerprint density at radius 2 is 2.00 bits per heavy atom. The van der Waals surface area contributed by atoms with Crippen molar-refractivity contribution in [3.8, 4) is 0 Å². The van der Waals surface area contributed by atoms with E-state index in [-0.39, 0.29) is 6.04 Å². The van der Waals surface area contributed by atoms with E-state index in [2.05, 4.69) is 23.7 Å². The molecule has 0 aliphatic heterocycles. The summed E-state index contributed by atoms with van der Waals surface area (Å²) in [7, 11) is -0.292. The van der Waals surface area contributed by atoms with Crippen molar-refractivity contribution in [2.75, 3.05) is 14.1 Å². The third-order valence-electron chi connectivity index (χ3n) is 3.26. The largest absolute Gasteiger partial charge is 0.305 e. The van der Waals surface area contributed by atoms with Gasteiger partial charge >= 0.3 is 0 Å². The van der Waals surface area contributed by atoms with E-state index in [4.69, 9.17) is 0 Å². The van der Waals surface area contributed by atoms with Gasteiger partial charge in [0, 0.05) is 31.6 Å². The van der Waals surface area contributed by atoms with E-state index in [0.717, 1.165) is 5.56 Å². The van der Waals surface area contributed by atoms with E-state index in [1.165, 1.54) is 9.18 Å². The predicted molar refractivity (Wildman–Crippen MR) is 86.9 cm³/mol. The topological polar surface area (TPSA) is 49.4 Å². The first-order valence-corrected chi connectivity index (χ1v) is 9.01. The van der Waals surface area contributed by atoms with Crippen LogP contribution in [-0.2, 0) is 16.6 Å². The number of sulfonamides is 1. The summed E-state index contributed by atoms with van der Waals surface area (Å²) in [5.41, 5.74) is 0.960. The van der Waals surface area contributed by atoms with Gasteiger partial charge in [-0.2, -0.15) is 0 Å². The summed E-state index contributed by atoms with van der Waals surface area (Å²) >= 11 is 1.71. The van der Waals surface area contributed by atoms with Crippen molar-refractivity contribution in [2.45, 2.75) is 24.4 Å². The summed E-state index contributed by atoms with van der Waals surface area (Å²) in [5.74, 6) is 0. The minimum Gasteiger partial charge on any atom is -0.305 e. The minimum absolute atomic E-state index is 0.249. The first-order chi connectivity index (χ1) is 9.91. The fraction of sp³-hybridized carbons (Fsp3) is 0.333. The second kappa shape index (κ2) is 6.70. The zero-order chi connectivity index (χ0) is 15.5. The molecule has 0 amide bonds. The maximum absolute atomic E-state index is 12.1. The third-order valence-corrected chi connectivity index (χ3v) is 6.13. The molecule has 0 saturated carbocycles. The normalized spacial score (nSPS) is 13.5. The fourth-order valence-electron chi connectivity index (χ4n) is 1.94. The Morgan fingerprint density at radius 3 is 2.62 bits per heavy atom. The van der Waals surface area contributed by atoms with Gasteiger partial charge in [-0.05, 0) is 36.1 Å². The van der Waals surface area contributed by atoms with E-state index >= 15 is 0 Å². The van der Waals surface area contributed by atoms with Crippen LogP contribution in [-0.4, -0.2) is 26.8 Å². The van der Waals surface area contributed by atoms with Crippen LogP contribution >= 0.6 is 11.3 Å². The van der Waals surface area contributed by atoms with Crippen molar-refractivity contribution in [1.82, 2.24) is 9.62 Å². The fourth-order valence-corrected chi connectivity index (χ4v) is 3.67. The van der Waals surface area contributed by atoms with Gasteiger partial charge in [0.2, 0.25) is 10.0 Å². The molecule has 1 N–H and O–H groups in total. The summed E-state index contributed by atoms with van der Waals surface area (Å²) in [6.45, 7) is 2.74. The third kappa shape index (κ3) is 3.91. The van der Waals surface area contributed by atoms with E-state index in [1.807, 2.05) is 12.1 Å². The SMILES string of the molecule is C[C@@H](NCc1cccc(S(=O)(=O)N(C)C)c1)c1cccs1. The molecule has 2 rings (SSSR count). The van der Waals surface area contributed by atoms with Crippen LogP contribution in [0.1, 0.15) is 23.4 Å². The van der Waals surface area contributed by atoms with Gasteiger partial charge in [-0.1, -0.05) is 18.2 Å². The van der Waals surface area contributed by atoms with Crippen LogP contribution in [0.25, 0.3) is 0 Å². The number of nitrogens with one attached hydrogen (secondary N) is 1. The molecule has 2 aromatic rings. The molecule has 6 heteroatoms. The van der Waals surface area contributed by atoms with Crippen LogP contribution < -0.4 is 5.32 Å². The van der Waals surface area contributed by atoms with Crippen LogP contribution in [0.3, 0.4) is 0 Å². The van der Waals surface area contributed by atoms with Crippen molar-refractivity contribution in [2.24, 2.45) is 0 Å². The Bertz CT molecular complexity index is 679. The lowest BCUT2D eigenvalue weighted by Crippen LogP contribution is -2.22. The van der Waals surface area contributed by atoms with Gasteiger partial charge < -0.3 is 5.32 Å². The van der Waals surface area contributed by atoms with Gasteiger partial charge in [0.25, 0.3) is 0 Å². The average Bonchev–Trinajstić information content (AvgIpc) is 2.99. The molecular formula is C15H20N2O2S2. The number of hydrogen-bond acceptors (Lipinski definition) is 4. The van der Waals surface area contributed by atoms with Gasteiger partial charge in [0.1, 0.15) is 0 Å². The molecule has 0 aliphatic carbocycles. The van der Waals surface area contributed by atoms with Gasteiger partial charge in [0.15, 0.2) is 0 Å². The molecule has 21 heavy (non-hydrogen) atoms. The first-order valence-electron chi connectivity index (χ1n) is 6.69. The molecule has 0 aliphatic rings. The van der Waals surface area contributed by atoms with E-state index in [0.29, 0.717) is 11.4 Å². The molecular weight excluding hydrogens is 304 g/mol. The lowest BCUT2D eigenvalue weighted by Gasteiger charge is -2.14. The number of thiophene rings is 1. The Morgan fingerprint density at radius 1 is 1.24 bits per heavy atom. The highest BCUT2D eigenvalue weighted by Gasteiger charge is 2.17. The second-order valence-corrected chi connectivity index (χ2v) is 8.18. The Labute approximate surface area is 130 Å². The first kappa shape index (κ1) is 16.2. The van der Waals surface area contributed by atoms with Gasteiger partial charge in [-0.25, -0.2) is 12.7 Å². The highest BCUT2D eigenvalue weighted by atomic mass is 32.2. The monoisotopic (exact) mass is 324 g/mol. The number of rotatable bonds is 6. The summed E-state index contributed by atoms with van der Waals surface area (Å²) in [6, 6.07) is 11.4. The van der Waals surface area contributed by atoms with E-state index < -0.39 is 10.0 Å². The lowest BCUT2D eigenvalue weighted by atomic mass is 10.2. The molecule has 0 fully saturated rings. The molecule has 4 nitrogen and oxygen atoms in total. The highest BCUT2D eigenvalue weighted by molar-refractivity contribution is 7.89. The van der Waals surface area contributed by atoms with Crippen molar-refractivity contribution < 1.29 is 8.42 Å². The van der Waals surface area contributed by atoms with Gasteiger partial charge in [0.05, 0.1) is 4.90 Å². The molecule has 114 valence electrons. The summed E-state index contributed by atoms with van der Waals surface area (Å²) in [5, 5.41) is 5.46. The molecule has 1 aromatic carbocycles. The summed E-state index contributed by atoms with van der Waals surface area (Å²) in [4.78, 5) is 1.60. The van der Waals surface area contributed by atoms with E-state index in [1.54, 1.807) is 43.6 Å². The van der Waals surface area contributed by atoms with Crippen LogP contribution in [0.2, 0.25) is 0 Å². The van der Waals surface area contributed by atoms with Crippen LogP contribution in [0.4, 0.5) is 0 Å². The molecule has 1 atom stereocenters. The molecule has 0 radical (unpaired) electrons. The zero-order valence-corrected chi connectivity index (χ0v) is 14.0. The van der Waals surface area contributed by atoms with Crippen LogP contribution in [0.15, 0.2) is 46.7 Å². The maximum Gasteiger partial charge on any atom is 0.242 e. The Balaban J connectivity index is 2.08.